The summed E-state index contributed by atoms with van der Waals surface area (Å²) >= 11 is 0. The topological polar surface area (TPSA) is 121 Å². The second-order valence-corrected chi connectivity index (χ2v) is 4.78. The van der Waals surface area contributed by atoms with E-state index < -0.39 is 18.8 Å². The standard InChI is InChI=1S/C8H10NO5P/c9-8(7(10)11,15(12,13)14)6-4-2-1-3-5-6/h1-5H,9H2,(H,10,11)(H2,12,13,14)/t8-/m0/s1. The van der Waals surface area contributed by atoms with E-state index >= 15 is 0 Å². The highest BCUT2D eigenvalue weighted by Gasteiger charge is 2.52. The number of carboxylic acids is 1. The van der Waals surface area contributed by atoms with Crippen LogP contribution in [0.5, 0.6) is 0 Å². The van der Waals surface area contributed by atoms with Crippen molar-refractivity contribution in [3.8, 4) is 0 Å². The van der Waals surface area contributed by atoms with Gasteiger partial charge in [-0.15, -0.1) is 0 Å². The monoisotopic (exact) mass is 231 g/mol. The zero-order valence-corrected chi connectivity index (χ0v) is 8.46. The number of rotatable bonds is 3. The Morgan fingerprint density at radius 2 is 1.73 bits per heavy atom. The van der Waals surface area contributed by atoms with Crippen LogP contribution in [-0.4, -0.2) is 20.9 Å². The molecule has 0 saturated heterocycles. The zero-order chi connectivity index (χ0) is 11.7. The van der Waals surface area contributed by atoms with E-state index in [0.29, 0.717) is 0 Å². The predicted molar refractivity (Wildman–Crippen MR) is 52.0 cm³/mol. The van der Waals surface area contributed by atoms with Crippen LogP contribution in [0.1, 0.15) is 5.56 Å². The van der Waals surface area contributed by atoms with Crippen LogP contribution >= 0.6 is 7.60 Å². The lowest BCUT2D eigenvalue weighted by Crippen LogP contribution is -2.44. The zero-order valence-electron chi connectivity index (χ0n) is 7.57. The van der Waals surface area contributed by atoms with Crippen LogP contribution in [0.4, 0.5) is 0 Å². The summed E-state index contributed by atoms with van der Waals surface area (Å²) < 4.78 is 11.1. The quantitative estimate of drug-likeness (QED) is 0.546. The minimum Gasteiger partial charge on any atom is -0.479 e. The van der Waals surface area contributed by atoms with E-state index in [2.05, 4.69) is 0 Å². The predicted octanol–water partition coefficient (Wildman–Crippen LogP) is 0.0604. The number of carboxylic acid groups (broad SMARTS) is 1. The van der Waals surface area contributed by atoms with Gasteiger partial charge in [0.15, 0.2) is 0 Å². The maximum absolute atomic E-state index is 11.1. The van der Waals surface area contributed by atoms with E-state index in [0.717, 1.165) is 0 Å². The second-order valence-electron chi connectivity index (χ2n) is 2.98. The molecule has 0 bridgehead atoms. The Balaban J connectivity index is 3.39. The molecule has 1 aromatic carbocycles. The van der Waals surface area contributed by atoms with Gasteiger partial charge in [0.25, 0.3) is 0 Å². The van der Waals surface area contributed by atoms with Crippen molar-refractivity contribution in [3.05, 3.63) is 35.9 Å². The fourth-order valence-electron chi connectivity index (χ4n) is 1.11. The molecule has 1 rings (SSSR count). The van der Waals surface area contributed by atoms with Crippen molar-refractivity contribution in [3.63, 3.8) is 0 Å². The average molecular weight is 231 g/mol. The van der Waals surface area contributed by atoms with Crippen molar-refractivity contribution in [2.45, 2.75) is 5.28 Å². The summed E-state index contributed by atoms with van der Waals surface area (Å²) in [5, 5.41) is 6.12. The number of benzene rings is 1. The lowest BCUT2D eigenvalue weighted by atomic mass is 10.1. The Morgan fingerprint density at radius 1 is 1.27 bits per heavy atom. The molecule has 5 N–H and O–H groups in total. The number of aliphatic carboxylic acids is 1. The van der Waals surface area contributed by atoms with Crippen LogP contribution < -0.4 is 5.73 Å². The van der Waals surface area contributed by atoms with Gasteiger partial charge in [0.05, 0.1) is 0 Å². The molecule has 82 valence electrons. The number of hydrogen-bond donors (Lipinski definition) is 4. The molecule has 0 aromatic heterocycles. The van der Waals surface area contributed by atoms with E-state index in [4.69, 9.17) is 20.6 Å². The fourth-order valence-corrected chi connectivity index (χ4v) is 1.84. The van der Waals surface area contributed by atoms with Gasteiger partial charge in [0.2, 0.25) is 5.28 Å². The van der Waals surface area contributed by atoms with Gasteiger partial charge in [0.1, 0.15) is 0 Å². The summed E-state index contributed by atoms with van der Waals surface area (Å²) in [6.07, 6.45) is 0. The summed E-state index contributed by atoms with van der Waals surface area (Å²) in [6.45, 7) is 0. The normalized spacial score (nSPS) is 15.7. The first-order chi connectivity index (χ1) is 6.80. The summed E-state index contributed by atoms with van der Waals surface area (Å²) in [5.74, 6) is -1.76. The molecule has 0 spiro atoms. The molecule has 1 aromatic rings. The molecule has 1 atom stereocenters. The summed E-state index contributed by atoms with van der Waals surface area (Å²) in [7, 11) is -4.99. The number of nitrogens with two attached hydrogens (primary N) is 1. The van der Waals surface area contributed by atoms with Crippen molar-refractivity contribution in [1.82, 2.24) is 0 Å². The molecule has 7 heteroatoms. The minimum absolute atomic E-state index is 0.133. The van der Waals surface area contributed by atoms with Crippen molar-refractivity contribution in [2.75, 3.05) is 0 Å². The third kappa shape index (κ3) is 1.93. The van der Waals surface area contributed by atoms with E-state index in [9.17, 15) is 9.36 Å². The maximum Gasteiger partial charge on any atom is 0.361 e. The molecule has 0 radical (unpaired) electrons. The lowest BCUT2D eigenvalue weighted by Gasteiger charge is -2.25. The molecule has 0 aliphatic heterocycles. The Kier molecular flexibility index (Phi) is 2.97. The Morgan fingerprint density at radius 3 is 2.07 bits per heavy atom. The Bertz CT molecular complexity index is 414. The van der Waals surface area contributed by atoms with Gasteiger partial charge in [-0.2, -0.15) is 0 Å². The fraction of sp³-hybridized carbons (Fsp3) is 0.125. The maximum atomic E-state index is 11.1. The smallest absolute Gasteiger partial charge is 0.361 e. The van der Waals surface area contributed by atoms with E-state index in [1.165, 1.54) is 24.3 Å². The van der Waals surface area contributed by atoms with E-state index in [1.54, 1.807) is 6.07 Å². The van der Waals surface area contributed by atoms with E-state index in [-0.39, 0.29) is 5.56 Å². The lowest BCUT2D eigenvalue weighted by molar-refractivity contribution is -0.140. The van der Waals surface area contributed by atoms with Crippen LogP contribution in [-0.2, 0) is 14.6 Å². The molecular weight excluding hydrogens is 221 g/mol. The molecule has 0 aliphatic rings. The molecule has 0 heterocycles. The average Bonchev–Trinajstić information content (AvgIpc) is 2.16. The Labute approximate surface area is 85.5 Å². The SMILES string of the molecule is N[C@@](C(=O)O)(c1ccccc1)P(=O)(O)O. The van der Waals surface area contributed by atoms with Gasteiger partial charge in [0, 0.05) is 0 Å². The Hall–Kier alpha value is -1.20. The molecule has 0 saturated carbocycles. The highest BCUT2D eigenvalue weighted by molar-refractivity contribution is 7.54. The summed E-state index contributed by atoms with van der Waals surface area (Å²) in [4.78, 5) is 28.8. The molecule has 6 nitrogen and oxygen atoms in total. The first kappa shape index (κ1) is 11.9. The van der Waals surface area contributed by atoms with Crippen molar-refractivity contribution < 1.29 is 24.3 Å². The molecule has 0 amide bonds. The third-order valence-corrected chi connectivity index (χ3v) is 3.37. The van der Waals surface area contributed by atoms with Crippen LogP contribution in [0.2, 0.25) is 0 Å². The number of hydrogen-bond acceptors (Lipinski definition) is 3. The summed E-state index contributed by atoms with van der Waals surface area (Å²) in [6, 6.07) is 7.01. The van der Waals surface area contributed by atoms with Crippen LogP contribution in [0.3, 0.4) is 0 Å². The van der Waals surface area contributed by atoms with Crippen LogP contribution in [0.25, 0.3) is 0 Å². The first-order valence-corrected chi connectivity index (χ1v) is 5.55. The highest BCUT2D eigenvalue weighted by Crippen LogP contribution is 2.53. The number of carbonyl (C=O) groups is 1. The third-order valence-electron chi connectivity index (χ3n) is 2.00. The largest absolute Gasteiger partial charge is 0.479 e. The molecule has 0 fully saturated rings. The van der Waals surface area contributed by atoms with E-state index in [1.807, 2.05) is 0 Å². The first-order valence-electron chi connectivity index (χ1n) is 3.93. The minimum atomic E-state index is -4.99. The summed E-state index contributed by atoms with van der Waals surface area (Å²) in [5.41, 5.74) is 5.14. The molecule has 0 unspecified atom stereocenters. The van der Waals surface area contributed by atoms with Gasteiger partial charge < -0.3 is 20.6 Å². The molecule has 0 aliphatic carbocycles. The van der Waals surface area contributed by atoms with Crippen molar-refractivity contribution in [2.24, 2.45) is 5.73 Å². The van der Waals surface area contributed by atoms with Gasteiger partial charge in [-0.05, 0) is 5.56 Å². The van der Waals surface area contributed by atoms with Crippen LogP contribution in [0, 0.1) is 0 Å². The van der Waals surface area contributed by atoms with Crippen molar-refractivity contribution >= 4 is 13.6 Å². The van der Waals surface area contributed by atoms with Gasteiger partial charge >= 0.3 is 13.6 Å². The van der Waals surface area contributed by atoms with Gasteiger partial charge in [-0.3, -0.25) is 4.57 Å². The second kappa shape index (κ2) is 3.75. The van der Waals surface area contributed by atoms with Gasteiger partial charge in [-0.1, -0.05) is 30.3 Å². The van der Waals surface area contributed by atoms with Crippen molar-refractivity contribution in [1.29, 1.82) is 0 Å². The van der Waals surface area contributed by atoms with Gasteiger partial charge in [-0.25, -0.2) is 4.79 Å². The highest BCUT2D eigenvalue weighted by atomic mass is 31.2. The molecule has 15 heavy (non-hydrogen) atoms. The molecular formula is C8H10NO5P. The van der Waals surface area contributed by atoms with Crippen LogP contribution in [0.15, 0.2) is 30.3 Å².